The van der Waals surface area contributed by atoms with Gasteiger partial charge in [0.2, 0.25) is 5.95 Å². The largest absolute Gasteiger partial charge is 0.582 e. The van der Waals surface area contributed by atoms with Gasteiger partial charge in [0.05, 0.1) is 31.0 Å². The minimum atomic E-state index is -4.08. The van der Waals surface area contributed by atoms with Gasteiger partial charge in [0, 0.05) is 12.6 Å². The lowest BCUT2D eigenvalue weighted by atomic mass is 10.1. The van der Waals surface area contributed by atoms with Crippen molar-refractivity contribution in [2.24, 2.45) is 0 Å². The molecule has 0 bridgehead atoms. The molecule has 6 heterocycles. The molecule has 2 aliphatic heterocycles. The molecule has 4 aromatic rings. The van der Waals surface area contributed by atoms with Gasteiger partial charge in [-0.1, -0.05) is 0 Å². The van der Waals surface area contributed by atoms with Crippen LogP contribution >= 0.6 is 26.2 Å². The Balaban J connectivity index is 1.20. The van der Waals surface area contributed by atoms with Crippen molar-refractivity contribution in [1.29, 1.82) is 0 Å². The minimum absolute atomic E-state index is 0.0154. The van der Waals surface area contributed by atoms with E-state index in [1.165, 1.54) is 21.8 Å². The second-order valence-electron chi connectivity index (χ2n) is 9.83. The van der Waals surface area contributed by atoms with Gasteiger partial charge in [-0.3, -0.25) is 14.3 Å². The highest BCUT2D eigenvalue weighted by Gasteiger charge is 2.51. The van der Waals surface area contributed by atoms with E-state index in [4.69, 9.17) is 46.3 Å². The topological polar surface area (TPSA) is 270 Å². The number of H-pyrrole nitrogens is 1. The van der Waals surface area contributed by atoms with Crippen LogP contribution in [0.15, 0.2) is 29.7 Å². The van der Waals surface area contributed by atoms with E-state index in [1.54, 1.807) is 12.3 Å². The third kappa shape index (κ3) is 5.98. The van der Waals surface area contributed by atoms with Crippen molar-refractivity contribution >= 4 is 72.0 Å². The van der Waals surface area contributed by atoms with Gasteiger partial charge < -0.3 is 49.7 Å². The molecule has 19 nitrogen and oxygen atoms in total. The van der Waals surface area contributed by atoms with Crippen LogP contribution in [0.25, 0.3) is 22.2 Å². The van der Waals surface area contributed by atoms with Gasteiger partial charge in [0.1, 0.15) is 48.4 Å². The number of aliphatic hydroxyl groups excluding tert-OH is 2. The monoisotopic (exact) mass is 690 g/mol. The highest BCUT2D eigenvalue weighted by molar-refractivity contribution is 8.39. The molecule has 236 valence electrons. The first-order valence-electron chi connectivity index (χ1n) is 12.8. The van der Waals surface area contributed by atoms with Crippen molar-refractivity contribution in [1.82, 2.24) is 34.1 Å². The number of nitrogen functional groups attached to an aromatic ring is 2. The van der Waals surface area contributed by atoms with E-state index >= 15 is 0 Å². The Bertz CT molecular complexity index is 1820. The fraction of sp³-hybridized carbons (Fsp3) is 0.476. The summed E-state index contributed by atoms with van der Waals surface area (Å²) in [5.41, 5.74) is 11.5. The first-order valence-corrected chi connectivity index (χ1v) is 17.8. The van der Waals surface area contributed by atoms with Gasteiger partial charge in [0.15, 0.2) is 29.7 Å². The molecule has 2 fully saturated rings. The number of imidazole rings is 1. The summed E-state index contributed by atoms with van der Waals surface area (Å²) in [6, 6.07) is 1.64. The molecule has 3 unspecified atom stereocenters. The normalized spacial score (nSPS) is 29.0. The standard InChI is InChI=1S/C21H25N9O10P2S2/c22-15-9-1-2-29(16(9)25-6-24-15)20-13(32)14(39-41(34)43)11(38-20)5-36-42(35,44)40-10-3-8(4-31)37-19(10)30-7-26-12-17(30)27-21(23)28-18(12)33/h1-2,6-8,10-11,13-14,19-20,31-32H,3-5H2,(H6-,22,23,24,25,27,28,33,34,35,43,44)/p+1/t8?,10-,11-,13-,14-,19-,20-,42?/m1/s1. The zero-order valence-electron chi connectivity index (χ0n) is 22.3. The summed E-state index contributed by atoms with van der Waals surface area (Å²) >= 11 is 9.07. The highest BCUT2D eigenvalue weighted by Crippen LogP contribution is 2.51. The second kappa shape index (κ2) is 12.3. The van der Waals surface area contributed by atoms with E-state index in [0.29, 0.717) is 11.0 Å². The second-order valence-corrected chi connectivity index (χ2v) is 14.3. The molecule has 23 heteroatoms. The molecule has 44 heavy (non-hydrogen) atoms. The Kier molecular flexibility index (Phi) is 8.74. The number of aromatic amines is 1. The predicted molar refractivity (Wildman–Crippen MR) is 159 cm³/mol. The van der Waals surface area contributed by atoms with Crippen LogP contribution in [0.3, 0.4) is 0 Å². The van der Waals surface area contributed by atoms with Crippen molar-refractivity contribution in [3.63, 3.8) is 0 Å². The van der Waals surface area contributed by atoms with Gasteiger partial charge in [-0.15, -0.1) is 4.52 Å². The van der Waals surface area contributed by atoms with Crippen LogP contribution in [0.4, 0.5) is 11.8 Å². The van der Waals surface area contributed by atoms with Crippen molar-refractivity contribution < 1.29 is 42.7 Å². The number of rotatable bonds is 10. The molecule has 0 amide bonds. The average Bonchev–Trinajstić information content (AvgIpc) is 3.73. The summed E-state index contributed by atoms with van der Waals surface area (Å²) in [6.45, 7) is -4.92. The summed E-state index contributed by atoms with van der Waals surface area (Å²) < 4.78 is 43.4. The Hall–Kier alpha value is -2.65. The van der Waals surface area contributed by atoms with Crippen LogP contribution in [-0.2, 0) is 39.4 Å². The number of aliphatic hydroxyl groups is 2. The summed E-state index contributed by atoms with van der Waals surface area (Å²) in [5, 5.41) is 21.4. The minimum Gasteiger partial charge on any atom is -0.394 e. The Labute approximate surface area is 257 Å². The third-order valence-corrected chi connectivity index (χ3v) is 9.37. The Morgan fingerprint density at radius 3 is 2.77 bits per heavy atom. The maximum absolute atomic E-state index is 12.3. The van der Waals surface area contributed by atoms with E-state index in [2.05, 4.69) is 37.2 Å². The number of aromatic nitrogens is 7. The van der Waals surface area contributed by atoms with Gasteiger partial charge >= 0.3 is 13.9 Å². The molecular formula is C21H26N9O10P2S2+. The Morgan fingerprint density at radius 1 is 1.23 bits per heavy atom. The van der Waals surface area contributed by atoms with Crippen molar-refractivity contribution in [2.45, 2.75) is 49.4 Å². The maximum Gasteiger partial charge on any atom is 0.582 e. The molecule has 0 saturated carbocycles. The number of nitrogens with one attached hydrogen (secondary N) is 1. The number of hydrogen-bond donors (Lipinski definition) is 7. The Morgan fingerprint density at radius 2 is 2.02 bits per heavy atom. The van der Waals surface area contributed by atoms with Gasteiger partial charge in [-0.05, 0) is 22.4 Å². The summed E-state index contributed by atoms with van der Waals surface area (Å²) in [6.07, 6.45) is -3.32. The lowest BCUT2D eigenvalue weighted by Gasteiger charge is -2.25. The van der Waals surface area contributed by atoms with Crippen LogP contribution < -0.4 is 17.0 Å². The zero-order valence-corrected chi connectivity index (χ0v) is 25.8. The van der Waals surface area contributed by atoms with Gasteiger partial charge in [-0.2, -0.15) is 4.98 Å². The number of fused-ring (bicyclic) bond motifs is 2. The van der Waals surface area contributed by atoms with E-state index in [1.807, 2.05) is 0 Å². The maximum atomic E-state index is 12.3. The SMILES string of the molecule is Nc1nc2c(ncn2[C@@H]2OC(CO)C[C@H]2OP(O)(=S)OC[C@H]2O[C@@H](n3ccc4c(N)ncnc43)[C@H](O)[C@@H]2O[P+](=O)S)c(=O)[nH]1. The molecule has 8 N–H and O–H groups in total. The quantitative estimate of drug-likeness (QED) is 0.0842. The summed E-state index contributed by atoms with van der Waals surface area (Å²) in [5.74, 6) is 0.0625. The number of nitrogens with two attached hydrogens (primary N) is 2. The lowest BCUT2D eigenvalue weighted by molar-refractivity contribution is -0.0562. The van der Waals surface area contributed by atoms with Crippen LogP contribution in [0.1, 0.15) is 18.9 Å². The van der Waals surface area contributed by atoms with Gasteiger partial charge in [0.25, 0.3) is 5.56 Å². The average molecular weight is 691 g/mol. The van der Waals surface area contributed by atoms with E-state index in [9.17, 15) is 24.5 Å². The third-order valence-electron chi connectivity index (χ3n) is 7.08. The molecule has 0 aliphatic carbocycles. The molecular weight excluding hydrogens is 664 g/mol. The molecule has 2 saturated heterocycles. The molecule has 9 atom stereocenters. The first-order chi connectivity index (χ1) is 21.0. The van der Waals surface area contributed by atoms with Crippen molar-refractivity contribution in [3.05, 3.63) is 35.3 Å². The fourth-order valence-corrected chi connectivity index (χ4v) is 7.42. The van der Waals surface area contributed by atoms with Crippen LogP contribution in [0.2, 0.25) is 0 Å². The molecule has 4 aromatic heterocycles. The van der Waals surface area contributed by atoms with E-state index < -0.39 is 69.1 Å². The smallest absolute Gasteiger partial charge is 0.394 e. The number of hydrogen-bond acceptors (Lipinski definition) is 16. The van der Waals surface area contributed by atoms with Crippen LogP contribution in [0, 0.1) is 0 Å². The fourth-order valence-electron chi connectivity index (χ4n) is 5.19. The molecule has 0 aromatic carbocycles. The predicted octanol–water partition coefficient (Wildman–Crippen LogP) is -0.142. The lowest BCUT2D eigenvalue weighted by Crippen LogP contribution is -2.35. The molecule has 6 rings (SSSR count). The highest BCUT2D eigenvalue weighted by atomic mass is 32.7. The number of anilines is 2. The van der Waals surface area contributed by atoms with E-state index in [-0.39, 0.29) is 36.0 Å². The molecule has 0 spiro atoms. The molecule has 0 radical (unpaired) electrons. The summed E-state index contributed by atoms with van der Waals surface area (Å²) in [7, 11) is -2.49. The number of nitrogens with zero attached hydrogens (tertiary/aromatic N) is 6. The van der Waals surface area contributed by atoms with Crippen molar-refractivity contribution in [3.8, 4) is 0 Å². The van der Waals surface area contributed by atoms with Crippen molar-refractivity contribution in [2.75, 3.05) is 24.7 Å². The molecule has 2 aliphatic rings. The van der Waals surface area contributed by atoms with Crippen LogP contribution in [0.5, 0.6) is 0 Å². The number of thiol groups is 1. The zero-order chi connectivity index (χ0) is 31.3. The van der Waals surface area contributed by atoms with Gasteiger partial charge in [-0.25, -0.2) is 15.0 Å². The van der Waals surface area contributed by atoms with Crippen LogP contribution in [-0.4, -0.2) is 92.9 Å². The first kappa shape index (κ1) is 31.3. The van der Waals surface area contributed by atoms with E-state index in [0.717, 1.165) is 0 Å². The summed E-state index contributed by atoms with van der Waals surface area (Å²) in [4.78, 5) is 42.0. The number of ether oxygens (including phenoxy) is 2.